The first-order chi connectivity index (χ1) is 14.3. The van der Waals surface area contributed by atoms with E-state index < -0.39 is 22.9 Å². The minimum atomic E-state index is -0.948. The molecule has 2 aromatic carbocycles. The van der Waals surface area contributed by atoms with Gasteiger partial charge in [-0.25, -0.2) is 13.8 Å². The molecule has 3 aromatic rings. The number of allylic oxidation sites excluding steroid dienone is 2. The Hall–Kier alpha value is -2.99. The van der Waals surface area contributed by atoms with Crippen molar-refractivity contribution in [1.29, 1.82) is 0 Å². The van der Waals surface area contributed by atoms with Crippen LogP contribution in [0, 0.1) is 17.6 Å². The van der Waals surface area contributed by atoms with E-state index in [1.807, 2.05) is 0 Å². The molecule has 4 rings (SSSR count). The Bertz CT molecular complexity index is 1230. The highest BCUT2D eigenvalue weighted by Crippen LogP contribution is 2.42. The molecule has 1 aliphatic carbocycles. The first-order valence-electron chi connectivity index (χ1n) is 9.48. The molecular formula is C23H19ClF2N2O2. The normalized spacial score (nSPS) is 18.2. The Morgan fingerprint density at radius 2 is 2.07 bits per heavy atom. The standard InChI is InChI=1S/C23H19ClF2N2O2/c1-3-12(2)7-13-8-14(9-13)28-11-27-22-15(23(28)30)10-16(24)19(21(22)26)20-17(25)5-4-6-18(20)29/h3-6,10-11,13-14,29H,1-2,7-9H2. The smallest absolute Gasteiger partial charge is 0.261 e. The molecule has 4 nitrogen and oxygen atoms in total. The molecule has 0 unspecified atom stereocenters. The maximum Gasteiger partial charge on any atom is 0.261 e. The van der Waals surface area contributed by atoms with Crippen molar-refractivity contribution in [2.45, 2.75) is 25.3 Å². The second-order valence-corrected chi connectivity index (χ2v) is 8.00. The number of phenolic OH excluding ortho intramolecular Hbond substituents is 1. The Balaban J connectivity index is 1.75. The molecule has 0 atom stereocenters. The van der Waals surface area contributed by atoms with Crippen LogP contribution in [-0.2, 0) is 0 Å². The third-order valence-electron chi connectivity index (χ3n) is 5.65. The first kappa shape index (κ1) is 20.3. The van der Waals surface area contributed by atoms with Gasteiger partial charge in [0, 0.05) is 11.6 Å². The summed E-state index contributed by atoms with van der Waals surface area (Å²) in [5.74, 6) is -1.82. The number of hydrogen-bond donors (Lipinski definition) is 1. The van der Waals surface area contributed by atoms with E-state index in [2.05, 4.69) is 18.1 Å². The van der Waals surface area contributed by atoms with Crippen LogP contribution in [0.25, 0.3) is 22.0 Å². The van der Waals surface area contributed by atoms with Crippen molar-refractivity contribution in [3.63, 3.8) is 0 Å². The monoisotopic (exact) mass is 428 g/mol. The van der Waals surface area contributed by atoms with Crippen molar-refractivity contribution in [3.8, 4) is 16.9 Å². The number of rotatable bonds is 5. The van der Waals surface area contributed by atoms with E-state index in [1.165, 1.54) is 29.1 Å². The number of benzene rings is 2. The van der Waals surface area contributed by atoms with Gasteiger partial charge in [-0.2, -0.15) is 0 Å². The predicted molar refractivity (Wildman–Crippen MR) is 114 cm³/mol. The third kappa shape index (κ3) is 3.31. The zero-order valence-corrected chi connectivity index (χ0v) is 16.8. The lowest BCUT2D eigenvalue weighted by molar-refractivity contribution is 0.193. The molecule has 1 N–H and O–H groups in total. The largest absolute Gasteiger partial charge is 0.507 e. The SMILES string of the molecule is C=CC(=C)CC1CC(n2cnc3c(F)c(-c4c(O)cccc4F)c(Cl)cc3c2=O)C1. The van der Waals surface area contributed by atoms with Gasteiger partial charge < -0.3 is 5.11 Å². The summed E-state index contributed by atoms with van der Waals surface area (Å²) >= 11 is 6.22. The van der Waals surface area contributed by atoms with Crippen LogP contribution in [0.3, 0.4) is 0 Å². The molecule has 0 amide bonds. The Labute approximate surface area is 176 Å². The molecule has 7 heteroatoms. The molecule has 1 fully saturated rings. The van der Waals surface area contributed by atoms with Gasteiger partial charge in [0.05, 0.1) is 22.3 Å². The molecule has 0 aliphatic heterocycles. The molecule has 1 heterocycles. The number of aromatic hydroxyl groups is 1. The average Bonchev–Trinajstić information content (AvgIpc) is 2.67. The van der Waals surface area contributed by atoms with Crippen molar-refractivity contribution >= 4 is 22.5 Å². The topological polar surface area (TPSA) is 55.1 Å². The van der Waals surface area contributed by atoms with Gasteiger partial charge in [-0.3, -0.25) is 9.36 Å². The van der Waals surface area contributed by atoms with E-state index >= 15 is 4.39 Å². The van der Waals surface area contributed by atoms with Crippen LogP contribution in [0.2, 0.25) is 5.02 Å². The summed E-state index contributed by atoms with van der Waals surface area (Å²) in [5, 5.41) is 9.86. The molecule has 0 bridgehead atoms. The van der Waals surface area contributed by atoms with Gasteiger partial charge in [0.15, 0.2) is 5.82 Å². The van der Waals surface area contributed by atoms with E-state index in [4.69, 9.17) is 11.6 Å². The van der Waals surface area contributed by atoms with Crippen LogP contribution in [0.4, 0.5) is 8.78 Å². The van der Waals surface area contributed by atoms with Gasteiger partial charge >= 0.3 is 0 Å². The highest BCUT2D eigenvalue weighted by Gasteiger charge is 2.32. The van der Waals surface area contributed by atoms with Crippen LogP contribution in [0.1, 0.15) is 25.3 Å². The maximum atomic E-state index is 15.2. The van der Waals surface area contributed by atoms with E-state index in [9.17, 15) is 14.3 Å². The number of halogens is 3. The molecule has 0 radical (unpaired) electrons. The quantitative estimate of drug-likeness (QED) is 0.524. The molecule has 1 aliphatic rings. The lowest BCUT2D eigenvalue weighted by Crippen LogP contribution is -2.34. The van der Waals surface area contributed by atoms with E-state index in [-0.39, 0.29) is 33.1 Å². The zero-order chi connectivity index (χ0) is 21.6. The molecule has 30 heavy (non-hydrogen) atoms. The molecule has 154 valence electrons. The Morgan fingerprint density at radius 3 is 2.73 bits per heavy atom. The van der Waals surface area contributed by atoms with E-state index in [0.717, 1.165) is 30.9 Å². The van der Waals surface area contributed by atoms with Crippen molar-refractivity contribution in [2.24, 2.45) is 5.92 Å². The van der Waals surface area contributed by atoms with Crippen molar-refractivity contribution in [2.75, 3.05) is 0 Å². The molecule has 0 spiro atoms. The summed E-state index contributed by atoms with van der Waals surface area (Å²) < 4.78 is 31.0. The highest BCUT2D eigenvalue weighted by atomic mass is 35.5. The number of phenols is 1. The molecule has 1 saturated carbocycles. The van der Waals surface area contributed by atoms with Crippen molar-refractivity contribution in [3.05, 3.63) is 82.4 Å². The van der Waals surface area contributed by atoms with Gasteiger partial charge in [-0.15, -0.1) is 0 Å². The van der Waals surface area contributed by atoms with Gasteiger partial charge in [0.1, 0.15) is 17.1 Å². The van der Waals surface area contributed by atoms with E-state index in [0.29, 0.717) is 5.92 Å². The first-order valence-corrected chi connectivity index (χ1v) is 9.86. The van der Waals surface area contributed by atoms with E-state index in [1.54, 1.807) is 6.08 Å². The summed E-state index contributed by atoms with van der Waals surface area (Å²) in [4.78, 5) is 17.1. The summed E-state index contributed by atoms with van der Waals surface area (Å²) in [6, 6.07) is 4.87. The van der Waals surface area contributed by atoms with Crippen molar-refractivity contribution in [1.82, 2.24) is 9.55 Å². The van der Waals surface area contributed by atoms with Crippen LogP contribution in [0.5, 0.6) is 5.75 Å². The number of fused-ring (bicyclic) bond motifs is 1. The predicted octanol–water partition coefficient (Wildman–Crippen LogP) is 5.78. The van der Waals surface area contributed by atoms with Gasteiger partial charge in [-0.1, -0.05) is 42.5 Å². The molecule has 0 saturated heterocycles. The summed E-state index contributed by atoms with van der Waals surface area (Å²) in [7, 11) is 0. The van der Waals surface area contributed by atoms with Gasteiger partial charge in [-0.05, 0) is 43.4 Å². The fourth-order valence-electron chi connectivity index (χ4n) is 4.01. The minimum absolute atomic E-state index is 0.0125. The fourth-order valence-corrected chi connectivity index (χ4v) is 4.29. The fraction of sp³-hybridized carbons (Fsp3) is 0.217. The zero-order valence-electron chi connectivity index (χ0n) is 16.0. The molecular weight excluding hydrogens is 410 g/mol. The second kappa shape index (κ2) is 7.69. The van der Waals surface area contributed by atoms with Crippen LogP contribution in [0.15, 0.2) is 60.2 Å². The lowest BCUT2D eigenvalue weighted by atomic mass is 9.76. The summed E-state index contributed by atoms with van der Waals surface area (Å²) in [6.45, 7) is 7.62. The summed E-state index contributed by atoms with van der Waals surface area (Å²) in [5.41, 5.74) is -0.348. The third-order valence-corrected chi connectivity index (χ3v) is 5.95. The van der Waals surface area contributed by atoms with Gasteiger partial charge in [0.2, 0.25) is 0 Å². The number of nitrogens with zero attached hydrogens (tertiary/aromatic N) is 2. The summed E-state index contributed by atoms with van der Waals surface area (Å²) in [6.07, 6.45) is 5.45. The Morgan fingerprint density at radius 1 is 1.33 bits per heavy atom. The lowest BCUT2D eigenvalue weighted by Gasteiger charge is -2.36. The second-order valence-electron chi connectivity index (χ2n) is 7.59. The van der Waals surface area contributed by atoms with Gasteiger partial charge in [0.25, 0.3) is 5.56 Å². The Kier molecular flexibility index (Phi) is 5.20. The highest BCUT2D eigenvalue weighted by molar-refractivity contribution is 6.34. The number of hydrogen-bond acceptors (Lipinski definition) is 3. The van der Waals surface area contributed by atoms with Crippen LogP contribution in [-0.4, -0.2) is 14.7 Å². The van der Waals surface area contributed by atoms with Crippen molar-refractivity contribution < 1.29 is 13.9 Å². The maximum absolute atomic E-state index is 15.2. The molecule has 1 aromatic heterocycles. The number of aromatic nitrogens is 2. The minimum Gasteiger partial charge on any atom is -0.507 e. The van der Waals surface area contributed by atoms with Crippen LogP contribution >= 0.6 is 11.6 Å². The average molecular weight is 429 g/mol. The van der Waals surface area contributed by atoms with Crippen LogP contribution < -0.4 is 5.56 Å².